The maximum absolute atomic E-state index is 12.5. The minimum absolute atomic E-state index is 0.0257. The van der Waals surface area contributed by atoms with Crippen molar-refractivity contribution >= 4 is 26.0 Å². The molecule has 0 bridgehead atoms. The van der Waals surface area contributed by atoms with Crippen LogP contribution in [0.5, 0.6) is 0 Å². The Morgan fingerprint density at radius 1 is 1.43 bits per heavy atom. The number of rotatable bonds is 6. The van der Waals surface area contributed by atoms with E-state index in [1.807, 2.05) is 6.92 Å². The second-order valence-electron chi connectivity index (χ2n) is 5.72. The average Bonchev–Trinajstić information content (AvgIpc) is 2.78. The lowest BCUT2D eigenvalue weighted by Gasteiger charge is -2.27. The van der Waals surface area contributed by atoms with E-state index in [1.54, 1.807) is 6.07 Å². The summed E-state index contributed by atoms with van der Waals surface area (Å²) >= 11 is 3.21. The van der Waals surface area contributed by atoms with Crippen LogP contribution in [0.3, 0.4) is 0 Å². The first-order valence-corrected chi connectivity index (χ1v) is 9.71. The summed E-state index contributed by atoms with van der Waals surface area (Å²) in [6.45, 7) is 5.48. The zero-order chi connectivity index (χ0) is 15.5. The molecule has 5 nitrogen and oxygen atoms in total. The van der Waals surface area contributed by atoms with Crippen molar-refractivity contribution in [3.63, 3.8) is 0 Å². The Kier molecular flexibility index (Phi) is 5.88. The van der Waals surface area contributed by atoms with Crippen LogP contribution in [0, 0.1) is 5.92 Å². The van der Waals surface area contributed by atoms with Crippen molar-refractivity contribution in [2.75, 3.05) is 6.54 Å². The summed E-state index contributed by atoms with van der Waals surface area (Å²) in [6.07, 6.45) is 4.06. The normalized spacial score (nSPS) is 23.4. The first kappa shape index (κ1) is 17.0. The van der Waals surface area contributed by atoms with Gasteiger partial charge < -0.3 is 9.73 Å². The van der Waals surface area contributed by atoms with Gasteiger partial charge in [-0.25, -0.2) is 13.1 Å². The van der Waals surface area contributed by atoms with Crippen molar-refractivity contribution in [3.05, 3.63) is 16.5 Å². The summed E-state index contributed by atoms with van der Waals surface area (Å²) in [5.74, 6) is 1.18. The maximum atomic E-state index is 12.5. The van der Waals surface area contributed by atoms with Gasteiger partial charge in [-0.3, -0.25) is 0 Å². The highest BCUT2D eigenvalue weighted by molar-refractivity contribution is 9.10. The molecule has 0 saturated heterocycles. The maximum Gasteiger partial charge on any atom is 0.245 e. The highest BCUT2D eigenvalue weighted by Crippen LogP contribution is 2.29. The molecule has 1 heterocycles. The highest BCUT2D eigenvalue weighted by Gasteiger charge is 2.28. The molecule has 2 unspecified atom stereocenters. The number of hydrogen-bond donors (Lipinski definition) is 2. The SMILES string of the molecule is CCNCc1cc(S(=O)(=O)NC2CCCC(C)C2)c(Br)o1. The van der Waals surface area contributed by atoms with Crippen LogP contribution < -0.4 is 10.0 Å². The third-order valence-corrected chi connectivity index (χ3v) is 6.18. The molecule has 0 amide bonds. The van der Waals surface area contributed by atoms with Gasteiger partial charge in [0.25, 0.3) is 0 Å². The van der Waals surface area contributed by atoms with Gasteiger partial charge in [-0.1, -0.05) is 26.7 Å². The molecule has 1 saturated carbocycles. The molecular weight excluding hydrogens is 356 g/mol. The lowest BCUT2D eigenvalue weighted by Crippen LogP contribution is -2.37. The number of furan rings is 1. The first-order chi connectivity index (χ1) is 9.92. The second-order valence-corrected chi connectivity index (χ2v) is 8.12. The zero-order valence-corrected chi connectivity index (χ0v) is 14.9. The summed E-state index contributed by atoms with van der Waals surface area (Å²) < 4.78 is 33.5. The Bertz CT molecular complexity index is 571. The van der Waals surface area contributed by atoms with E-state index in [-0.39, 0.29) is 15.6 Å². The van der Waals surface area contributed by atoms with E-state index in [1.165, 1.54) is 6.42 Å². The molecule has 1 aromatic rings. The van der Waals surface area contributed by atoms with Crippen LogP contribution >= 0.6 is 15.9 Å². The molecule has 1 aliphatic rings. The summed E-state index contributed by atoms with van der Waals surface area (Å²) in [5, 5.41) is 3.11. The van der Waals surface area contributed by atoms with Gasteiger partial charge in [0.1, 0.15) is 10.7 Å². The molecule has 7 heteroatoms. The second kappa shape index (κ2) is 7.26. The molecule has 120 valence electrons. The molecule has 0 spiro atoms. The Balaban J connectivity index is 2.09. The fourth-order valence-corrected chi connectivity index (χ4v) is 5.02. The van der Waals surface area contributed by atoms with Gasteiger partial charge in [0.05, 0.1) is 6.54 Å². The van der Waals surface area contributed by atoms with Gasteiger partial charge in [0, 0.05) is 12.1 Å². The van der Waals surface area contributed by atoms with Gasteiger partial charge >= 0.3 is 0 Å². The van der Waals surface area contributed by atoms with Gasteiger partial charge in [-0.15, -0.1) is 0 Å². The standard InChI is InChI=1S/C14H23BrN2O3S/c1-3-16-9-12-8-13(14(15)20-12)21(18,19)17-11-6-4-5-10(2)7-11/h8,10-11,16-17H,3-7,9H2,1-2H3. The van der Waals surface area contributed by atoms with E-state index in [4.69, 9.17) is 4.42 Å². The predicted molar refractivity (Wildman–Crippen MR) is 85.5 cm³/mol. The average molecular weight is 379 g/mol. The van der Waals surface area contributed by atoms with E-state index in [9.17, 15) is 8.42 Å². The summed E-state index contributed by atoms with van der Waals surface area (Å²) in [7, 11) is -3.54. The molecule has 0 aliphatic heterocycles. The Hall–Kier alpha value is -0.370. The fourth-order valence-electron chi connectivity index (χ4n) is 2.74. The van der Waals surface area contributed by atoms with Gasteiger partial charge in [-0.2, -0.15) is 0 Å². The van der Waals surface area contributed by atoms with Gasteiger partial charge in [-0.05, 0) is 41.2 Å². The molecule has 1 aliphatic carbocycles. The third-order valence-electron chi connectivity index (χ3n) is 3.80. The van der Waals surface area contributed by atoms with Crippen LogP contribution in [-0.2, 0) is 16.6 Å². The highest BCUT2D eigenvalue weighted by atomic mass is 79.9. The van der Waals surface area contributed by atoms with Gasteiger partial charge in [0.2, 0.25) is 10.0 Å². The van der Waals surface area contributed by atoms with E-state index in [2.05, 4.69) is 32.9 Å². The molecule has 2 rings (SSSR count). The first-order valence-electron chi connectivity index (χ1n) is 7.43. The lowest BCUT2D eigenvalue weighted by atomic mass is 9.88. The largest absolute Gasteiger partial charge is 0.452 e. The lowest BCUT2D eigenvalue weighted by molar-refractivity contribution is 0.327. The third kappa shape index (κ3) is 4.55. The van der Waals surface area contributed by atoms with Crippen molar-refractivity contribution in [2.45, 2.75) is 57.0 Å². The minimum Gasteiger partial charge on any atom is -0.452 e. The fraction of sp³-hybridized carbons (Fsp3) is 0.714. The van der Waals surface area contributed by atoms with Crippen LogP contribution in [0.25, 0.3) is 0 Å². The van der Waals surface area contributed by atoms with Crippen molar-refractivity contribution < 1.29 is 12.8 Å². The van der Waals surface area contributed by atoms with Crippen LogP contribution in [0.2, 0.25) is 0 Å². The van der Waals surface area contributed by atoms with E-state index < -0.39 is 10.0 Å². The molecule has 0 aromatic carbocycles. The smallest absolute Gasteiger partial charge is 0.245 e. The van der Waals surface area contributed by atoms with Crippen molar-refractivity contribution in [1.82, 2.24) is 10.0 Å². The van der Waals surface area contributed by atoms with Crippen molar-refractivity contribution in [1.29, 1.82) is 0 Å². The van der Waals surface area contributed by atoms with Gasteiger partial charge in [0.15, 0.2) is 4.67 Å². The quantitative estimate of drug-likeness (QED) is 0.797. The molecule has 2 N–H and O–H groups in total. The molecular formula is C14H23BrN2O3S. The van der Waals surface area contributed by atoms with E-state index in [0.29, 0.717) is 18.2 Å². The minimum atomic E-state index is -3.54. The van der Waals surface area contributed by atoms with E-state index in [0.717, 1.165) is 25.8 Å². The number of halogens is 1. The van der Waals surface area contributed by atoms with Crippen molar-refractivity contribution in [3.8, 4) is 0 Å². The summed E-state index contributed by atoms with van der Waals surface area (Å²) in [4.78, 5) is 0.189. The Morgan fingerprint density at radius 2 is 2.19 bits per heavy atom. The molecule has 2 atom stereocenters. The summed E-state index contributed by atoms with van der Waals surface area (Å²) in [6, 6.07) is 1.61. The number of nitrogens with one attached hydrogen (secondary N) is 2. The molecule has 1 aromatic heterocycles. The van der Waals surface area contributed by atoms with Crippen LogP contribution in [0.4, 0.5) is 0 Å². The molecule has 1 fully saturated rings. The molecule has 0 radical (unpaired) electrons. The molecule has 21 heavy (non-hydrogen) atoms. The zero-order valence-electron chi connectivity index (χ0n) is 12.5. The Morgan fingerprint density at radius 3 is 2.86 bits per heavy atom. The topological polar surface area (TPSA) is 71.3 Å². The van der Waals surface area contributed by atoms with E-state index >= 15 is 0 Å². The number of sulfonamides is 1. The monoisotopic (exact) mass is 378 g/mol. The number of hydrogen-bond acceptors (Lipinski definition) is 4. The van der Waals surface area contributed by atoms with Crippen LogP contribution in [0.1, 0.15) is 45.3 Å². The Labute approximate surface area is 135 Å². The van der Waals surface area contributed by atoms with Crippen molar-refractivity contribution in [2.24, 2.45) is 5.92 Å². The van der Waals surface area contributed by atoms with Crippen LogP contribution in [0.15, 0.2) is 20.0 Å². The summed E-state index contributed by atoms with van der Waals surface area (Å²) in [5.41, 5.74) is 0. The predicted octanol–water partition coefficient (Wildman–Crippen LogP) is 3.01. The van der Waals surface area contributed by atoms with Crippen LogP contribution in [-0.4, -0.2) is 21.0 Å².